The van der Waals surface area contributed by atoms with E-state index in [1.54, 1.807) is 12.1 Å². The van der Waals surface area contributed by atoms with Crippen LogP contribution in [-0.2, 0) is 0 Å². The van der Waals surface area contributed by atoms with E-state index in [1.807, 2.05) is 6.92 Å². The van der Waals surface area contributed by atoms with Crippen molar-refractivity contribution in [3.05, 3.63) is 38.0 Å². The first-order chi connectivity index (χ1) is 8.49. The van der Waals surface area contributed by atoms with Crippen molar-refractivity contribution in [1.82, 2.24) is 0 Å². The van der Waals surface area contributed by atoms with Gasteiger partial charge in [-0.15, -0.1) is 0 Å². The molecule has 0 aliphatic carbocycles. The second kappa shape index (κ2) is 6.39. The van der Waals surface area contributed by atoms with Gasteiger partial charge >= 0.3 is 0 Å². The van der Waals surface area contributed by atoms with E-state index >= 15 is 0 Å². The molecule has 98 valence electrons. The molecular weight excluding hydrogens is 302 g/mol. The molecule has 1 aromatic carbocycles. The van der Waals surface area contributed by atoms with Crippen molar-refractivity contribution in [2.75, 3.05) is 13.7 Å². The Hall–Kier alpha value is -1.56. The molecule has 0 radical (unpaired) electrons. The van der Waals surface area contributed by atoms with Gasteiger partial charge in [0.25, 0.3) is 0 Å². The maximum atomic E-state index is 10.6. The second-order valence-corrected chi connectivity index (χ2v) is 4.36. The molecule has 1 rings (SSSR count). The summed E-state index contributed by atoms with van der Waals surface area (Å²) >= 11 is 3.36. The Labute approximate surface area is 114 Å². The highest BCUT2D eigenvalue weighted by atomic mass is 79.9. The summed E-state index contributed by atoms with van der Waals surface area (Å²) in [7, 11) is 1.53. The lowest BCUT2D eigenvalue weighted by Crippen LogP contribution is -1.97. The molecule has 0 atom stereocenters. The first kappa shape index (κ1) is 14.5. The first-order valence-electron chi connectivity index (χ1n) is 5.32. The summed E-state index contributed by atoms with van der Waals surface area (Å²) in [5.74, 6) is 1.13. The molecule has 0 spiro atoms. The average Bonchev–Trinajstić information content (AvgIpc) is 2.32. The minimum atomic E-state index is -0.434. The van der Waals surface area contributed by atoms with Crippen molar-refractivity contribution in [1.29, 1.82) is 0 Å². The highest BCUT2D eigenvalue weighted by molar-refractivity contribution is 9.10. The van der Waals surface area contributed by atoms with Gasteiger partial charge in [-0.1, -0.05) is 0 Å². The Kier molecular flexibility index (Phi) is 5.15. The molecule has 18 heavy (non-hydrogen) atoms. The lowest BCUT2D eigenvalue weighted by Gasteiger charge is -2.12. The maximum Gasteiger partial charge on any atom is 0.243 e. The van der Waals surface area contributed by atoms with Crippen LogP contribution in [0, 0.1) is 10.1 Å². The van der Waals surface area contributed by atoms with Gasteiger partial charge in [-0.05, 0) is 40.5 Å². The third-order valence-electron chi connectivity index (χ3n) is 2.20. The monoisotopic (exact) mass is 315 g/mol. The zero-order chi connectivity index (χ0) is 13.7. The van der Waals surface area contributed by atoms with E-state index in [-0.39, 0.29) is 5.70 Å². The summed E-state index contributed by atoms with van der Waals surface area (Å²) in [5.41, 5.74) is 0.740. The number of methoxy groups -OCH3 is 1. The predicted octanol–water partition coefficient (Wildman–Crippen LogP) is 3.49. The molecule has 0 saturated heterocycles. The van der Waals surface area contributed by atoms with Gasteiger partial charge in [0.05, 0.1) is 23.1 Å². The number of hydrogen-bond acceptors (Lipinski definition) is 4. The lowest BCUT2D eigenvalue weighted by atomic mass is 10.1. The van der Waals surface area contributed by atoms with Gasteiger partial charge in [-0.3, -0.25) is 10.1 Å². The Morgan fingerprint density at radius 3 is 2.72 bits per heavy atom. The lowest BCUT2D eigenvalue weighted by molar-refractivity contribution is -0.422. The molecule has 0 bridgehead atoms. The zero-order valence-electron chi connectivity index (χ0n) is 10.4. The number of allylic oxidation sites excluding steroid dienone is 1. The van der Waals surface area contributed by atoms with Gasteiger partial charge in [0.2, 0.25) is 5.70 Å². The number of nitrogens with zero attached hydrogens (tertiary/aromatic N) is 1. The fourth-order valence-corrected chi connectivity index (χ4v) is 1.98. The van der Waals surface area contributed by atoms with Crippen LogP contribution >= 0.6 is 15.9 Å². The van der Waals surface area contributed by atoms with Gasteiger partial charge < -0.3 is 9.47 Å². The number of ether oxygens (including phenoxy) is 2. The molecule has 0 saturated carbocycles. The summed E-state index contributed by atoms with van der Waals surface area (Å²) in [4.78, 5) is 10.1. The summed E-state index contributed by atoms with van der Waals surface area (Å²) in [5, 5.41) is 10.6. The fourth-order valence-electron chi connectivity index (χ4n) is 1.40. The smallest absolute Gasteiger partial charge is 0.243 e. The van der Waals surface area contributed by atoms with E-state index < -0.39 is 4.92 Å². The van der Waals surface area contributed by atoms with Crippen LogP contribution in [-0.4, -0.2) is 18.6 Å². The van der Waals surface area contributed by atoms with Crippen molar-refractivity contribution < 1.29 is 14.4 Å². The molecule has 5 nitrogen and oxygen atoms in total. The van der Waals surface area contributed by atoms with Crippen molar-refractivity contribution >= 4 is 22.0 Å². The van der Waals surface area contributed by atoms with Crippen LogP contribution in [0.4, 0.5) is 0 Å². The molecule has 0 aromatic heterocycles. The van der Waals surface area contributed by atoms with E-state index in [9.17, 15) is 10.1 Å². The minimum Gasteiger partial charge on any atom is -0.493 e. The molecule has 0 fully saturated rings. The van der Waals surface area contributed by atoms with Crippen molar-refractivity contribution in [3.8, 4) is 11.5 Å². The fraction of sp³-hybridized carbons (Fsp3) is 0.333. The Balaban J connectivity index is 3.22. The predicted molar refractivity (Wildman–Crippen MR) is 72.5 cm³/mol. The van der Waals surface area contributed by atoms with Crippen LogP contribution in [0.15, 0.2) is 22.3 Å². The molecule has 0 unspecified atom stereocenters. The minimum absolute atomic E-state index is 0.0631. The van der Waals surface area contributed by atoms with E-state index in [2.05, 4.69) is 15.9 Å². The number of hydrogen-bond donors (Lipinski definition) is 0. The number of halogens is 1. The molecule has 1 aromatic rings. The van der Waals surface area contributed by atoms with Gasteiger partial charge in [-0.25, -0.2) is 0 Å². The summed E-state index contributed by atoms with van der Waals surface area (Å²) < 4.78 is 11.3. The average molecular weight is 316 g/mol. The topological polar surface area (TPSA) is 61.6 Å². The summed E-state index contributed by atoms with van der Waals surface area (Å²) in [6, 6.07) is 3.45. The van der Waals surface area contributed by atoms with Crippen LogP contribution in [0.3, 0.4) is 0 Å². The number of nitro groups is 1. The number of rotatable bonds is 5. The highest BCUT2D eigenvalue weighted by Crippen LogP contribution is 2.37. The Morgan fingerprint density at radius 1 is 1.56 bits per heavy atom. The van der Waals surface area contributed by atoms with Crippen LogP contribution in [0.2, 0.25) is 0 Å². The third-order valence-corrected chi connectivity index (χ3v) is 2.79. The maximum absolute atomic E-state index is 10.6. The van der Waals surface area contributed by atoms with E-state index in [0.717, 1.165) is 0 Å². The van der Waals surface area contributed by atoms with E-state index in [0.29, 0.717) is 28.1 Å². The molecule has 0 N–H and O–H groups in total. The molecule has 6 heteroatoms. The normalized spacial score (nSPS) is 11.2. The Morgan fingerprint density at radius 2 is 2.22 bits per heavy atom. The second-order valence-electron chi connectivity index (χ2n) is 3.51. The van der Waals surface area contributed by atoms with E-state index in [1.165, 1.54) is 20.1 Å². The first-order valence-corrected chi connectivity index (χ1v) is 6.12. The highest BCUT2D eigenvalue weighted by Gasteiger charge is 2.12. The molecule has 0 aliphatic heterocycles. The van der Waals surface area contributed by atoms with Gasteiger partial charge in [0.15, 0.2) is 11.5 Å². The van der Waals surface area contributed by atoms with Crippen LogP contribution in [0.1, 0.15) is 19.4 Å². The standard InChI is InChI=1S/C12H14BrNO4/c1-4-18-12-10(13)6-9(7-11(12)17-3)5-8(2)14(15)16/h5-7H,4H2,1-3H3. The molecule has 0 amide bonds. The number of benzene rings is 1. The quantitative estimate of drug-likeness (QED) is 0.616. The van der Waals surface area contributed by atoms with Gasteiger partial charge in [0.1, 0.15) is 0 Å². The largest absolute Gasteiger partial charge is 0.493 e. The van der Waals surface area contributed by atoms with Crippen LogP contribution in [0.25, 0.3) is 6.08 Å². The molecular formula is C12H14BrNO4. The van der Waals surface area contributed by atoms with Crippen molar-refractivity contribution in [3.63, 3.8) is 0 Å². The van der Waals surface area contributed by atoms with Gasteiger partial charge in [-0.2, -0.15) is 0 Å². The molecule has 0 heterocycles. The SMILES string of the molecule is CCOc1c(Br)cc(C=C(C)[N+](=O)[O-])cc1OC. The van der Waals surface area contributed by atoms with Crippen LogP contribution in [0.5, 0.6) is 11.5 Å². The van der Waals surface area contributed by atoms with Crippen molar-refractivity contribution in [2.45, 2.75) is 13.8 Å². The zero-order valence-corrected chi connectivity index (χ0v) is 12.0. The van der Waals surface area contributed by atoms with Crippen molar-refractivity contribution in [2.24, 2.45) is 0 Å². The Bertz CT molecular complexity index is 485. The summed E-state index contributed by atoms with van der Waals surface area (Å²) in [6.07, 6.45) is 1.48. The third kappa shape index (κ3) is 3.46. The van der Waals surface area contributed by atoms with Crippen LogP contribution < -0.4 is 9.47 Å². The molecule has 0 aliphatic rings. The van der Waals surface area contributed by atoms with Gasteiger partial charge in [0, 0.05) is 13.0 Å². The van der Waals surface area contributed by atoms with E-state index in [4.69, 9.17) is 9.47 Å². The summed E-state index contributed by atoms with van der Waals surface area (Å²) in [6.45, 7) is 3.82.